The summed E-state index contributed by atoms with van der Waals surface area (Å²) in [6.07, 6.45) is 2.38. The molecule has 1 atom stereocenters. The molecule has 0 aliphatic carbocycles. The van der Waals surface area contributed by atoms with Crippen LogP contribution in [0, 0.1) is 6.92 Å². The van der Waals surface area contributed by atoms with Gasteiger partial charge in [0.2, 0.25) is 0 Å². The highest BCUT2D eigenvalue weighted by atomic mass is 32.1. The normalized spacial score (nSPS) is 12.6. The van der Waals surface area contributed by atoms with Crippen molar-refractivity contribution in [2.24, 2.45) is 0 Å². The summed E-state index contributed by atoms with van der Waals surface area (Å²) in [5.74, 6) is 0. The molecular formula is C17H23NS. The van der Waals surface area contributed by atoms with Gasteiger partial charge in [0.05, 0.1) is 6.04 Å². The Morgan fingerprint density at radius 1 is 1.05 bits per heavy atom. The minimum Gasteiger partial charge on any atom is -0.306 e. The van der Waals surface area contributed by atoms with Crippen LogP contribution >= 0.6 is 11.3 Å². The molecule has 0 spiro atoms. The van der Waals surface area contributed by atoms with Crippen molar-refractivity contribution in [3.63, 3.8) is 0 Å². The zero-order chi connectivity index (χ0) is 13.7. The molecule has 2 rings (SSSR count). The Balaban J connectivity index is 2.23. The molecule has 1 N–H and O–H groups in total. The summed E-state index contributed by atoms with van der Waals surface area (Å²) < 4.78 is 0. The van der Waals surface area contributed by atoms with Crippen LogP contribution in [0.25, 0.3) is 0 Å². The number of rotatable bonds is 6. The van der Waals surface area contributed by atoms with Crippen molar-refractivity contribution in [1.29, 1.82) is 0 Å². The monoisotopic (exact) mass is 273 g/mol. The predicted octanol–water partition coefficient (Wildman–Crippen LogP) is 4.71. The molecule has 0 amide bonds. The fourth-order valence-corrected chi connectivity index (χ4v) is 3.34. The van der Waals surface area contributed by atoms with Crippen molar-refractivity contribution in [2.45, 2.75) is 39.7 Å². The third-order valence-corrected chi connectivity index (χ3v) is 4.37. The Labute approximate surface area is 120 Å². The molecule has 1 heterocycles. The lowest BCUT2D eigenvalue weighted by molar-refractivity contribution is 0.639. The van der Waals surface area contributed by atoms with E-state index in [-0.39, 0.29) is 0 Å². The van der Waals surface area contributed by atoms with Gasteiger partial charge in [-0.2, -0.15) is 0 Å². The minimum atomic E-state index is 0.333. The van der Waals surface area contributed by atoms with Crippen LogP contribution in [0.2, 0.25) is 0 Å². The zero-order valence-corrected chi connectivity index (χ0v) is 12.9. The van der Waals surface area contributed by atoms with Crippen molar-refractivity contribution in [2.75, 3.05) is 6.54 Å². The molecule has 0 aliphatic rings. The predicted molar refractivity (Wildman–Crippen MR) is 85.0 cm³/mol. The van der Waals surface area contributed by atoms with E-state index >= 15 is 0 Å². The highest BCUT2D eigenvalue weighted by Crippen LogP contribution is 2.28. The van der Waals surface area contributed by atoms with Gasteiger partial charge >= 0.3 is 0 Å². The second kappa shape index (κ2) is 6.88. The molecule has 102 valence electrons. The third-order valence-electron chi connectivity index (χ3n) is 3.31. The van der Waals surface area contributed by atoms with Gasteiger partial charge in [-0.25, -0.2) is 0 Å². The van der Waals surface area contributed by atoms with E-state index in [4.69, 9.17) is 0 Å². The van der Waals surface area contributed by atoms with Gasteiger partial charge < -0.3 is 5.32 Å². The van der Waals surface area contributed by atoms with Crippen LogP contribution < -0.4 is 5.32 Å². The van der Waals surface area contributed by atoms with E-state index in [0.29, 0.717) is 6.04 Å². The first-order valence-corrected chi connectivity index (χ1v) is 7.94. The van der Waals surface area contributed by atoms with Gasteiger partial charge in [0.25, 0.3) is 0 Å². The lowest BCUT2D eigenvalue weighted by atomic mass is 10.0. The molecule has 0 radical (unpaired) electrons. The molecule has 1 aromatic carbocycles. The first-order valence-electron chi connectivity index (χ1n) is 7.13. The molecule has 0 saturated heterocycles. The summed E-state index contributed by atoms with van der Waals surface area (Å²) in [7, 11) is 0. The molecule has 0 bridgehead atoms. The summed E-state index contributed by atoms with van der Waals surface area (Å²) >= 11 is 1.88. The maximum Gasteiger partial charge on any atom is 0.0671 e. The number of hydrogen-bond donors (Lipinski definition) is 1. The second-order valence-electron chi connectivity index (χ2n) is 4.93. The van der Waals surface area contributed by atoms with Crippen LogP contribution in [0.5, 0.6) is 0 Å². The number of aryl methyl sites for hydroxylation is 2. The maximum atomic E-state index is 3.59. The van der Waals surface area contributed by atoms with Crippen molar-refractivity contribution in [3.05, 3.63) is 57.3 Å². The van der Waals surface area contributed by atoms with Crippen LogP contribution in [-0.2, 0) is 6.42 Å². The van der Waals surface area contributed by atoms with E-state index in [1.54, 1.807) is 0 Å². The van der Waals surface area contributed by atoms with Crippen LogP contribution in [0.3, 0.4) is 0 Å². The van der Waals surface area contributed by atoms with Crippen LogP contribution in [0.15, 0.2) is 36.4 Å². The molecule has 1 nitrogen and oxygen atoms in total. The smallest absolute Gasteiger partial charge is 0.0671 e. The van der Waals surface area contributed by atoms with Crippen LogP contribution in [-0.4, -0.2) is 6.54 Å². The van der Waals surface area contributed by atoms with Crippen molar-refractivity contribution >= 4 is 11.3 Å². The number of thiophene rings is 1. The summed E-state index contributed by atoms with van der Waals surface area (Å²) in [5, 5.41) is 3.59. The Morgan fingerprint density at radius 3 is 2.32 bits per heavy atom. The molecule has 1 unspecified atom stereocenters. The van der Waals surface area contributed by atoms with Gasteiger partial charge in [-0.15, -0.1) is 11.3 Å². The standard InChI is InChI=1S/C17H23NS/c1-4-6-14-8-10-15(11-9-14)17(18-5-2)16-12-7-13(3)19-16/h7-12,17-18H,4-6H2,1-3H3. The van der Waals surface area contributed by atoms with Gasteiger partial charge in [-0.1, -0.05) is 44.5 Å². The number of hydrogen-bond acceptors (Lipinski definition) is 2. The summed E-state index contributed by atoms with van der Waals surface area (Å²) in [5.41, 5.74) is 2.80. The molecule has 19 heavy (non-hydrogen) atoms. The number of nitrogens with one attached hydrogen (secondary N) is 1. The van der Waals surface area contributed by atoms with Gasteiger partial charge in [-0.3, -0.25) is 0 Å². The van der Waals surface area contributed by atoms with E-state index in [2.05, 4.69) is 62.5 Å². The highest BCUT2D eigenvalue weighted by molar-refractivity contribution is 7.12. The maximum absolute atomic E-state index is 3.59. The number of benzene rings is 1. The first-order chi connectivity index (χ1) is 9.24. The zero-order valence-electron chi connectivity index (χ0n) is 12.1. The SMILES string of the molecule is CCCc1ccc(C(NCC)c2ccc(C)s2)cc1. The summed E-state index contributed by atoms with van der Waals surface area (Å²) in [4.78, 5) is 2.78. The van der Waals surface area contributed by atoms with Gasteiger partial charge in [-0.05, 0) is 43.1 Å². The Hall–Kier alpha value is -1.12. The molecule has 0 aliphatic heterocycles. The Morgan fingerprint density at radius 2 is 1.79 bits per heavy atom. The molecular weight excluding hydrogens is 250 g/mol. The fraction of sp³-hybridized carbons (Fsp3) is 0.412. The van der Waals surface area contributed by atoms with E-state index in [1.165, 1.54) is 33.7 Å². The largest absolute Gasteiger partial charge is 0.306 e. The van der Waals surface area contributed by atoms with Crippen molar-refractivity contribution < 1.29 is 0 Å². The van der Waals surface area contributed by atoms with Gasteiger partial charge in [0.1, 0.15) is 0 Å². The van der Waals surface area contributed by atoms with E-state index in [0.717, 1.165) is 6.54 Å². The van der Waals surface area contributed by atoms with Crippen LogP contribution in [0.4, 0.5) is 0 Å². The summed E-state index contributed by atoms with van der Waals surface area (Å²) in [6, 6.07) is 13.9. The average Bonchev–Trinajstić information content (AvgIpc) is 2.84. The lowest BCUT2D eigenvalue weighted by Gasteiger charge is -2.17. The minimum absolute atomic E-state index is 0.333. The van der Waals surface area contributed by atoms with Gasteiger partial charge in [0.15, 0.2) is 0 Å². The van der Waals surface area contributed by atoms with E-state index in [9.17, 15) is 0 Å². The molecule has 2 aromatic rings. The average molecular weight is 273 g/mol. The van der Waals surface area contributed by atoms with Crippen molar-refractivity contribution in [1.82, 2.24) is 5.32 Å². The van der Waals surface area contributed by atoms with E-state index in [1.807, 2.05) is 11.3 Å². The molecule has 1 aromatic heterocycles. The van der Waals surface area contributed by atoms with Crippen LogP contribution in [0.1, 0.15) is 47.2 Å². The molecule has 2 heteroatoms. The van der Waals surface area contributed by atoms with Crippen molar-refractivity contribution in [3.8, 4) is 0 Å². The summed E-state index contributed by atoms with van der Waals surface area (Å²) in [6.45, 7) is 7.54. The highest BCUT2D eigenvalue weighted by Gasteiger charge is 2.14. The fourth-order valence-electron chi connectivity index (χ4n) is 2.36. The Kier molecular flexibility index (Phi) is 5.17. The third kappa shape index (κ3) is 3.68. The lowest BCUT2D eigenvalue weighted by Crippen LogP contribution is -2.21. The second-order valence-corrected chi connectivity index (χ2v) is 6.25. The van der Waals surface area contributed by atoms with E-state index < -0.39 is 0 Å². The molecule has 0 saturated carbocycles. The van der Waals surface area contributed by atoms with Gasteiger partial charge in [0, 0.05) is 9.75 Å². The quantitative estimate of drug-likeness (QED) is 0.804. The Bertz CT molecular complexity index is 498. The topological polar surface area (TPSA) is 12.0 Å². The molecule has 0 fully saturated rings. The first kappa shape index (κ1) is 14.3.